The third-order valence-electron chi connectivity index (χ3n) is 3.19. The summed E-state index contributed by atoms with van der Waals surface area (Å²) in [5.41, 5.74) is 0.774. The fourth-order valence-electron chi connectivity index (χ4n) is 2.04. The van der Waals surface area contributed by atoms with E-state index in [1.807, 2.05) is 0 Å². The summed E-state index contributed by atoms with van der Waals surface area (Å²) in [5.74, 6) is -0.246. The first-order valence-electron chi connectivity index (χ1n) is 6.52. The lowest BCUT2D eigenvalue weighted by Crippen LogP contribution is -2.11. The number of ketones is 1. The normalized spacial score (nSPS) is 11.3. The minimum absolute atomic E-state index is 0.175. The largest absolute Gasteiger partial charge is 0.289 e. The highest BCUT2D eigenvalue weighted by Gasteiger charge is 2.18. The molecule has 0 atom stereocenters. The second kappa shape index (κ2) is 5.57. The van der Waals surface area contributed by atoms with E-state index in [-0.39, 0.29) is 10.7 Å². The number of hydrogen-bond donors (Lipinski definition) is 0. The minimum Gasteiger partial charge on any atom is -0.289 e. The van der Waals surface area contributed by atoms with E-state index >= 15 is 0 Å². The van der Waals surface area contributed by atoms with Gasteiger partial charge in [0.15, 0.2) is 5.78 Å². The van der Waals surface area contributed by atoms with Gasteiger partial charge in [0.25, 0.3) is 10.0 Å². The summed E-state index contributed by atoms with van der Waals surface area (Å²) in [4.78, 5) is 16.3. The maximum Gasteiger partial charge on any atom is 0.267 e. The van der Waals surface area contributed by atoms with Crippen molar-refractivity contribution in [2.24, 2.45) is 0 Å². The first-order valence-corrected chi connectivity index (χ1v) is 7.96. The van der Waals surface area contributed by atoms with Crippen LogP contribution in [-0.4, -0.2) is 23.2 Å². The van der Waals surface area contributed by atoms with Gasteiger partial charge < -0.3 is 0 Å². The molecule has 0 unspecified atom stereocenters. The zero-order valence-corrected chi connectivity index (χ0v) is 12.3. The maximum atomic E-state index is 12.4. The van der Waals surface area contributed by atoms with Crippen LogP contribution in [0, 0.1) is 0 Å². The van der Waals surface area contributed by atoms with Gasteiger partial charge in [-0.2, -0.15) is 0 Å². The Morgan fingerprint density at radius 1 is 0.909 bits per heavy atom. The van der Waals surface area contributed by atoms with E-state index < -0.39 is 10.0 Å². The van der Waals surface area contributed by atoms with Crippen LogP contribution in [0.15, 0.2) is 78.2 Å². The van der Waals surface area contributed by atoms with Crippen molar-refractivity contribution in [3.8, 4) is 0 Å². The van der Waals surface area contributed by atoms with E-state index in [1.54, 1.807) is 30.3 Å². The molecule has 22 heavy (non-hydrogen) atoms. The van der Waals surface area contributed by atoms with E-state index in [1.165, 1.54) is 43.0 Å². The average Bonchev–Trinajstić information content (AvgIpc) is 3.06. The van der Waals surface area contributed by atoms with E-state index in [4.69, 9.17) is 0 Å². The summed E-state index contributed by atoms with van der Waals surface area (Å²) in [6.45, 7) is 0. The van der Waals surface area contributed by atoms with Gasteiger partial charge in [-0.3, -0.25) is 9.78 Å². The second-order valence-electron chi connectivity index (χ2n) is 4.61. The summed E-state index contributed by atoms with van der Waals surface area (Å²) < 4.78 is 25.9. The van der Waals surface area contributed by atoms with Crippen molar-refractivity contribution in [3.05, 3.63) is 84.4 Å². The average molecular weight is 312 g/mol. The van der Waals surface area contributed by atoms with Gasteiger partial charge in [0.05, 0.1) is 4.90 Å². The number of rotatable bonds is 4. The van der Waals surface area contributed by atoms with Crippen LogP contribution in [0.3, 0.4) is 0 Å². The van der Waals surface area contributed by atoms with Gasteiger partial charge in [-0.25, -0.2) is 12.4 Å². The molecule has 3 rings (SSSR count). The first kappa shape index (κ1) is 14.2. The Kier molecular flexibility index (Phi) is 3.60. The molecule has 5 nitrogen and oxygen atoms in total. The van der Waals surface area contributed by atoms with E-state index in [2.05, 4.69) is 4.98 Å². The number of pyridine rings is 1. The van der Waals surface area contributed by atoms with Gasteiger partial charge in [0.2, 0.25) is 0 Å². The molecule has 0 amide bonds. The Labute approximate surface area is 127 Å². The zero-order chi connectivity index (χ0) is 15.6. The van der Waals surface area contributed by atoms with Crippen LogP contribution in [0.25, 0.3) is 0 Å². The van der Waals surface area contributed by atoms with Crippen molar-refractivity contribution in [3.63, 3.8) is 0 Å². The van der Waals surface area contributed by atoms with Gasteiger partial charge in [-0.05, 0) is 30.3 Å². The molecule has 0 fully saturated rings. The fourth-order valence-corrected chi connectivity index (χ4v) is 3.26. The molecule has 110 valence electrons. The number of nitrogens with zero attached hydrogens (tertiary/aromatic N) is 2. The molecular weight excluding hydrogens is 300 g/mol. The van der Waals surface area contributed by atoms with Gasteiger partial charge in [-0.1, -0.05) is 18.2 Å². The highest BCUT2D eigenvalue weighted by atomic mass is 32.2. The molecule has 0 aliphatic rings. The van der Waals surface area contributed by atoms with Crippen LogP contribution >= 0.6 is 0 Å². The third kappa shape index (κ3) is 2.56. The highest BCUT2D eigenvalue weighted by molar-refractivity contribution is 7.90. The van der Waals surface area contributed by atoms with Gasteiger partial charge in [-0.15, -0.1) is 0 Å². The number of benzene rings is 1. The summed E-state index contributed by atoms with van der Waals surface area (Å²) in [7, 11) is -3.68. The van der Waals surface area contributed by atoms with Gasteiger partial charge in [0, 0.05) is 35.9 Å². The molecule has 0 bridgehead atoms. The molecule has 0 radical (unpaired) electrons. The van der Waals surface area contributed by atoms with Crippen molar-refractivity contribution in [2.45, 2.75) is 4.90 Å². The molecule has 6 heteroatoms. The van der Waals surface area contributed by atoms with Crippen molar-refractivity contribution < 1.29 is 13.2 Å². The lowest BCUT2D eigenvalue weighted by molar-refractivity contribution is 0.103. The fraction of sp³-hybridized carbons (Fsp3) is 0. The molecule has 0 saturated carbocycles. The van der Waals surface area contributed by atoms with Crippen LogP contribution in [0.2, 0.25) is 0 Å². The quantitative estimate of drug-likeness (QED) is 0.693. The molecule has 2 aromatic heterocycles. The minimum atomic E-state index is -3.68. The molecule has 0 aliphatic heterocycles. The molecular formula is C16H12N2O3S. The summed E-state index contributed by atoms with van der Waals surface area (Å²) >= 11 is 0. The topological polar surface area (TPSA) is 69.0 Å². The second-order valence-corrected chi connectivity index (χ2v) is 6.46. The Morgan fingerprint density at radius 2 is 1.59 bits per heavy atom. The monoisotopic (exact) mass is 312 g/mol. The lowest BCUT2D eigenvalue weighted by Gasteiger charge is -2.04. The van der Waals surface area contributed by atoms with Crippen LogP contribution < -0.4 is 0 Å². The molecule has 0 spiro atoms. The smallest absolute Gasteiger partial charge is 0.267 e. The lowest BCUT2D eigenvalue weighted by atomic mass is 10.1. The molecule has 0 aliphatic carbocycles. The summed E-state index contributed by atoms with van der Waals surface area (Å²) in [6, 6.07) is 12.7. The van der Waals surface area contributed by atoms with Crippen molar-refractivity contribution in [1.82, 2.24) is 8.96 Å². The number of aromatic nitrogens is 2. The van der Waals surface area contributed by atoms with Gasteiger partial charge in [0.1, 0.15) is 0 Å². The Balaban J connectivity index is 1.97. The molecule has 3 aromatic rings. The van der Waals surface area contributed by atoms with E-state index in [0.717, 1.165) is 3.97 Å². The Bertz CT molecular complexity index is 901. The SMILES string of the molecule is O=C(c1ccncc1)c1ccn(S(=O)(=O)c2ccccc2)c1. The molecule has 0 N–H and O–H groups in total. The number of carbonyl (C=O) groups excluding carboxylic acids is 1. The van der Waals surface area contributed by atoms with E-state index in [9.17, 15) is 13.2 Å². The first-order chi connectivity index (χ1) is 10.6. The van der Waals surface area contributed by atoms with Crippen molar-refractivity contribution in [2.75, 3.05) is 0 Å². The van der Waals surface area contributed by atoms with Crippen molar-refractivity contribution in [1.29, 1.82) is 0 Å². The standard InChI is InChI=1S/C16H12N2O3S/c19-16(13-6-9-17-10-7-13)14-8-11-18(12-14)22(20,21)15-4-2-1-3-5-15/h1-12H. The third-order valence-corrected chi connectivity index (χ3v) is 4.84. The highest BCUT2D eigenvalue weighted by Crippen LogP contribution is 2.16. The Morgan fingerprint density at radius 3 is 2.27 bits per heavy atom. The van der Waals surface area contributed by atoms with Crippen molar-refractivity contribution >= 4 is 15.8 Å². The predicted octanol–water partition coefficient (Wildman–Crippen LogP) is 2.35. The number of carbonyl (C=O) groups is 1. The van der Waals surface area contributed by atoms with Crippen LogP contribution in [-0.2, 0) is 10.0 Å². The zero-order valence-electron chi connectivity index (χ0n) is 11.5. The van der Waals surface area contributed by atoms with Crippen LogP contribution in [0.4, 0.5) is 0 Å². The molecule has 1 aromatic carbocycles. The van der Waals surface area contributed by atoms with Crippen LogP contribution in [0.1, 0.15) is 15.9 Å². The van der Waals surface area contributed by atoms with Crippen LogP contribution in [0.5, 0.6) is 0 Å². The van der Waals surface area contributed by atoms with Gasteiger partial charge >= 0.3 is 0 Å². The summed E-state index contributed by atoms with van der Waals surface area (Å²) in [5, 5.41) is 0. The molecule has 2 heterocycles. The molecule has 0 saturated heterocycles. The van der Waals surface area contributed by atoms with E-state index in [0.29, 0.717) is 11.1 Å². The summed E-state index contributed by atoms with van der Waals surface area (Å²) in [6.07, 6.45) is 5.73. The predicted molar refractivity (Wildman–Crippen MR) is 81.1 cm³/mol. The maximum absolute atomic E-state index is 12.4. The number of hydrogen-bond acceptors (Lipinski definition) is 4. The Hall–Kier alpha value is -2.73.